The third kappa shape index (κ3) is 2.17. The highest BCUT2D eigenvalue weighted by Crippen LogP contribution is 2.38. The van der Waals surface area contributed by atoms with Crippen molar-refractivity contribution < 1.29 is 4.39 Å². The van der Waals surface area contributed by atoms with Gasteiger partial charge in [-0.25, -0.2) is 4.39 Å². The zero-order chi connectivity index (χ0) is 13.4. The number of aromatic nitrogens is 2. The molecule has 19 heavy (non-hydrogen) atoms. The van der Waals surface area contributed by atoms with Crippen LogP contribution in [-0.4, -0.2) is 10.2 Å². The lowest BCUT2D eigenvalue weighted by Crippen LogP contribution is -1.91. The number of anilines is 1. The van der Waals surface area contributed by atoms with E-state index < -0.39 is 0 Å². The normalized spacial score (nSPS) is 10.8. The SMILES string of the molecule is Nc1n[nH]c(-c2csc(Br)c2)c1-c1ccccc1F. The predicted octanol–water partition coefficient (Wildman–Crippen LogP) is 4.29. The van der Waals surface area contributed by atoms with E-state index in [1.807, 2.05) is 11.4 Å². The molecule has 96 valence electrons. The summed E-state index contributed by atoms with van der Waals surface area (Å²) >= 11 is 4.96. The van der Waals surface area contributed by atoms with Crippen molar-refractivity contribution in [2.24, 2.45) is 0 Å². The molecule has 2 heterocycles. The van der Waals surface area contributed by atoms with Gasteiger partial charge in [-0.15, -0.1) is 11.3 Å². The number of H-pyrrole nitrogens is 1. The first-order valence-corrected chi connectivity index (χ1v) is 7.17. The van der Waals surface area contributed by atoms with Crippen molar-refractivity contribution in [3.63, 3.8) is 0 Å². The molecule has 0 bridgehead atoms. The predicted molar refractivity (Wildman–Crippen MR) is 79.4 cm³/mol. The Morgan fingerprint density at radius 1 is 1.32 bits per heavy atom. The van der Waals surface area contributed by atoms with Crippen LogP contribution in [0.4, 0.5) is 10.2 Å². The molecule has 0 saturated heterocycles. The van der Waals surface area contributed by atoms with Crippen LogP contribution in [0.2, 0.25) is 0 Å². The van der Waals surface area contributed by atoms with E-state index in [0.29, 0.717) is 16.9 Å². The summed E-state index contributed by atoms with van der Waals surface area (Å²) in [5.74, 6) is -0.0198. The van der Waals surface area contributed by atoms with E-state index in [1.165, 1.54) is 6.07 Å². The Kier molecular flexibility index (Phi) is 3.12. The number of halogens is 2. The summed E-state index contributed by atoms with van der Waals surface area (Å²) < 4.78 is 14.9. The van der Waals surface area contributed by atoms with Crippen molar-refractivity contribution >= 4 is 33.1 Å². The van der Waals surface area contributed by atoms with Gasteiger partial charge >= 0.3 is 0 Å². The standard InChI is InChI=1S/C13H9BrFN3S/c14-10-5-7(6-19-10)12-11(13(16)18-17-12)8-3-1-2-4-9(8)15/h1-6H,(H3,16,17,18). The number of hydrogen-bond donors (Lipinski definition) is 2. The average molecular weight is 338 g/mol. The second-order valence-corrected chi connectivity index (χ2v) is 6.27. The molecule has 2 aromatic heterocycles. The molecule has 0 radical (unpaired) electrons. The number of hydrogen-bond acceptors (Lipinski definition) is 3. The second kappa shape index (κ2) is 4.79. The first-order chi connectivity index (χ1) is 9.16. The Hall–Kier alpha value is -1.66. The molecule has 0 unspecified atom stereocenters. The maximum atomic E-state index is 13.9. The van der Waals surface area contributed by atoms with Crippen LogP contribution in [0.25, 0.3) is 22.4 Å². The Labute approximate surface area is 121 Å². The van der Waals surface area contributed by atoms with Gasteiger partial charge in [0, 0.05) is 16.5 Å². The van der Waals surface area contributed by atoms with Crippen molar-refractivity contribution in [2.75, 3.05) is 5.73 Å². The van der Waals surface area contributed by atoms with E-state index in [2.05, 4.69) is 26.1 Å². The molecule has 0 aliphatic heterocycles. The van der Waals surface area contributed by atoms with Gasteiger partial charge in [0.05, 0.1) is 15.0 Å². The van der Waals surface area contributed by atoms with Gasteiger partial charge in [0.1, 0.15) is 5.82 Å². The number of benzene rings is 1. The molecule has 6 heteroatoms. The Bertz CT molecular complexity index is 735. The number of thiophene rings is 1. The highest BCUT2D eigenvalue weighted by Gasteiger charge is 2.18. The van der Waals surface area contributed by atoms with Crippen molar-refractivity contribution in [1.29, 1.82) is 0 Å². The summed E-state index contributed by atoms with van der Waals surface area (Å²) in [7, 11) is 0. The minimum atomic E-state index is -0.314. The average Bonchev–Trinajstić information content (AvgIpc) is 2.96. The van der Waals surface area contributed by atoms with Gasteiger partial charge in [-0.1, -0.05) is 18.2 Å². The van der Waals surface area contributed by atoms with Crippen LogP contribution >= 0.6 is 27.3 Å². The fraction of sp³-hybridized carbons (Fsp3) is 0. The molecule has 3 rings (SSSR count). The number of aromatic amines is 1. The maximum Gasteiger partial charge on any atom is 0.153 e. The third-order valence-electron chi connectivity index (χ3n) is 2.79. The van der Waals surface area contributed by atoms with Crippen LogP contribution in [-0.2, 0) is 0 Å². The van der Waals surface area contributed by atoms with Gasteiger partial charge in [-0.3, -0.25) is 5.10 Å². The van der Waals surface area contributed by atoms with Gasteiger partial charge in [0.15, 0.2) is 5.82 Å². The van der Waals surface area contributed by atoms with Crippen molar-refractivity contribution in [3.05, 3.63) is 45.3 Å². The first-order valence-electron chi connectivity index (χ1n) is 5.50. The number of nitrogens with zero attached hydrogens (tertiary/aromatic N) is 1. The maximum absolute atomic E-state index is 13.9. The summed E-state index contributed by atoms with van der Waals surface area (Å²) in [6, 6.07) is 8.48. The minimum Gasteiger partial charge on any atom is -0.382 e. The van der Waals surface area contributed by atoms with Gasteiger partial charge in [-0.2, -0.15) is 5.10 Å². The Morgan fingerprint density at radius 3 is 2.79 bits per heavy atom. The van der Waals surface area contributed by atoms with E-state index in [4.69, 9.17) is 5.73 Å². The molecule has 0 saturated carbocycles. The molecule has 0 atom stereocenters. The lowest BCUT2D eigenvalue weighted by atomic mass is 10.0. The van der Waals surface area contributed by atoms with Crippen LogP contribution < -0.4 is 5.73 Å². The second-order valence-electron chi connectivity index (χ2n) is 3.98. The molecular weight excluding hydrogens is 329 g/mol. The van der Waals surface area contributed by atoms with Gasteiger partial charge in [0.2, 0.25) is 0 Å². The Morgan fingerprint density at radius 2 is 2.11 bits per heavy atom. The molecule has 0 aliphatic carbocycles. The van der Waals surface area contributed by atoms with Crippen LogP contribution in [0, 0.1) is 5.82 Å². The lowest BCUT2D eigenvalue weighted by Gasteiger charge is -2.04. The summed E-state index contributed by atoms with van der Waals surface area (Å²) in [6.07, 6.45) is 0. The summed E-state index contributed by atoms with van der Waals surface area (Å²) in [5, 5.41) is 8.83. The Balaban J connectivity index is 2.22. The van der Waals surface area contributed by atoms with Crippen LogP contribution in [0.3, 0.4) is 0 Å². The van der Waals surface area contributed by atoms with Gasteiger partial charge < -0.3 is 5.73 Å². The minimum absolute atomic E-state index is 0.294. The van der Waals surface area contributed by atoms with Crippen molar-refractivity contribution in [1.82, 2.24) is 10.2 Å². The van der Waals surface area contributed by atoms with E-state index >= 15 is 0 Å². The molecule has 3 aromatic rings. The smallest absolute Gasteiger partial charge is 0.153 e. The highest BCUT2D eigenvalue weighted by atomic mass is 79.9. The fourth-order valence-electron chi connectivity index (χ4n) is 1.94. The molecule has 0 spiro atoms. The van der Waals surface area contributed by atoms with Crippen LogP contribution in [0.5, 0.6) is 0 Å². The summed E-state index contributed by atoms with van der Waals surface area (Å²) in [4.78, 5) is 0. The molecule has 0 amide bonds. The quantitative estimate of drug-likeness (QED) is 0.732. The monoisotopic (exact) mass is 337 g/mol. The zero-order valence-corrected chi connectivity index (χ0v) is 12.1. The van der Waals surface area contributed by atoms with E-state index in [1.54, 1.807) is 29.5 Å². The lowest BCUT2D eigenvalue weighted by molar-refractivity contribution is 0.631. The summed E-state index contributed by atoms with van der Waals surface area (Å²) in [5.41, 5.74) is 8.58. The molecular formula is C13H9BrFN3S. The zero-order valence-electron chi connectivity index (χ0n) is 9.65. The largest absolute Gasteiger partial charge is 0.382 e. The van der Waals surface area contributed by atoms with E-state index in [0.717, 1.165) is 15.0 Å². The topological polar surface area (TPSA) is 54.7 Å². The van der Waals surface area contributed by atoms with Crippen molar-refractivity contribution in [3.8, 4) is 22.4 Å². The molecule has 3 nitrogen and oxygen atoms in total. The number of nitrogens with two attached hydrogens (primary N) is 1. The van der Waals surface area contributed by atoms with Crippen molar-refractivity contribution in [2.45, 2.75) is 0 Å². The van der Waals surface area contributed by atoms with Gasteiger partial charge in [0.25, 0.3) is 0 Å². The molecule has 0 fully saturated rings. The summed E-state index contributed by atoms with van der Waals surface area (Å²) in [6.45, 7) is 0. The number of nitrogen functional groups attached to an aromatic ring is 1. The van der Waals surface area contributed by atoms with Crippen LogP contribution in [0.1, 0.15) is 0 Å². The molecule has 3 N–H and O–H groups in total. The highest BCUT2D eigenvalue weighted by molar-refractivity contribution is 9.11. The third-order valence-corrected chi connectivity index (χ3v) is 4.30. The van der Waals surface area contributed by atoms with E-state index in [9.17, 15) is 4.39 Å². The molecule has 0 aliphatic rings. The first kappa shape index (κ1) is 12.4. The number of nitrogens with one attached hydrogen (secondary N) is 1. The molecule has 1 aromatic carbocycles. The van der Waals surface area contributed by atoms with Crippen LogP contribution in [0.15, 0.2) is 39.5 Å². The van der Waals surface area contributed by atoms with Gasteiger partial charge in [-0.05, 0) is 28.1 Å². The number of rotatable bonds is 2. The fourth-order valence-corrected chi connectivity index (χ4v) is 3.09. The van der Waals surface area contributed by atoms with E-state index in [-0.39, 0.29) is 5.82 Å².